The molecule has 1 aliphatic rings. The van der Waals surface area contributed by atoms with Crippen LogP contribution in [0.5, 0.6) is 5.75 Å². The van der Waals surface area contributed by atoms with Gasteiger partial charge in [0.15, 0.2) is 0 Å². The highest BCUT2D eigenvalue weighted by molar-refractivity contribution is 7.81. The predicted molar refractivity (Wildman–Crippen MR) is 140 cm³/mol. The van der Waals surface area contributed by atoms with Crippen molar-refractivity contribution >= 4 is 12.6 Å². The Kier molecular flexibility index (Phi) is 10.1. The largest absolute Gasteiger partial charge is 0.493 e. The molecule has 1 unspecified atom stereocenters. The van der Waals surface area contributed by atoms with E-state index in [1.807, 2.05) is 66.7 Å². The van der Waals surface area contributed by atoms with Crippen molar-refractivity contribution < 1.29 is 20.1 Å². The molecule has 0 aromatic heterocycles. The number of hydrogen-bond acceptors (Lipinski definition) is 5. The summed E-state index contributed by atoms with van der Waals surface area (Å²) in [6.07, 6.45) is 13.7. The molecule has 4 nitrogen and oxygen atoms in total. The maximum atomic E-state index is 10.9. The number of benzene rings is 2. The van der Waals surface area contributed by atoms with E-state index in [0.717, 1.165) is 24.2 Å². The van der Waals surface area contributed by atoms with Gasteiger partial charge < -0.3 is 20.1 Å². The van der Waals surface area contributed by atoms with Crippen LogP contribution in [0, 0.1) is 11.8 Å². The van der Waals surface area contributed by atoms with Crippen molar-refractivity contribution in [3.05, 3.63) is 96.3 Å². The third kappa shape index (κ3) is 8.19. The van der Waals surface area contributed by atoms with Gasteiger partial charge in [-0.3, -0.25) is 0 Å². The molecule has 0 amide bonds. The van der Waals surface area contributed by atoms with Crippen molar-refractivity contribution in [2.45, 2.75) is 55.7 Å². The number of ether oxygens (including phenoxy) is 1. The van der Waals surface area contributed by atoms with Crippen LogP contribution in [0.3, 0.4) is 0 Å². The number of hydrogen-bond donors (Lipinski definition) is 4. The first-order valence-electron chi connectivity index (χ1n) is 12.0. The highest BCUT2D eigenvalue weighted by Crippen LogP contribution is 2.35. The lowest BCUT2D eigenvalue weighted by Crippen LogP contribution is -2.51. The van der Waals surface area contributed by atoms with Gasteiger partial charge in [-0.05, 0) is 67.4 Å². The summed E-state index contributed by atoms with van der Waals surface area (Å²) in [4.78, 5) is 0. The Balaban J connectivity index is 1.47. The Labute approximate surface area is 208 Å². The van der Waals surface area contributed by atoms with Gasteiger partial charge in [0.25, 0.3) is 0 Å². The van der Waals surface area contributed by atoms with Crippen molar-refractivity contribution in [1.82, 2.24) is 0 Å². The van der Waals surface area contributed by atoms with E-state index < -0.39 is 10.7 Å². The average Bonchev–Trinajstić information content (AvgIpc) is 3.26. The zero-order valence-corrected chi connectivity index (χ0v) is 20.5. The molecule has 3 rings (SSSR count). The van der Waals surface area contributed by atoms with E-state index in [4.69, 9.17) is 4.74 Å². The monoisotopic (exact) mass is 480 g/mol. The molecule has 1 aliphatic carbocycles. The van der Waals surface area contributed by atoms with Gasteiger partial charge in [-0.1, -0.05) is 67.1 Å². The molecule has 0 saturated heterocycles. The summed E-state index contributed by atoms with van der Waals surface area (Å²) in [5.41, 5.74) is 2.11. The normalized spacial score (nSPS) is 20.0. The second-order valence-corrected chi connectivity index (χ2v) is 9.70. The smallest absolute Gasteiger partial charge is 0.240 e. The van der Waals surface area contributed by atoms with Crippen molar-refractivity contribution in [3.8, 4) is 5.75 Å². The molecule has 3 N–H and O–H groups in total. The lowest BCUT2D eigenvalue weighted by Gasteiger charge is -2.35. The molecule has 3 atom stereocenters. The molecule has 34 heavy (non-hydrogen) atoms. The Bertz CT molecular complexity index is 945. The summed E-state index contributed by atoms with van der Waals surface area (Å²) in [6, 6.07) is 19.1. The molecule has 2 aromatic carbocycles. The van der Waals surface area contributed by atoms with Crippen LogP contribution in [-0.4, -0.2) is 32.6 Å². The molecule has 0 bridgehead atoms. The van der Waals surface area contributed by atoms with Crippen LogP contribution in [0.2, 0.25) is 0 Å². The van der Waals surface area contributed by atoms with Crippen LogP contribution in [0.15, 0.2) is 90.7 Å². The molecule has 0 radical (unpaired) electrons. The van der Waals surface area contributed by atoms with Crippen LogP contribution >= 0.6 is 12.6 Å². The van der Waals surface area contributed by atoms with Crippen LogP contribution < -0.4 is 4.74 Å². The van der Waals surface area contributed by atoms with E-state index in [0.29, 0.717) is 18.4 Å². The summed E-state index contributed by atoms with van der Waals surface area (Å²) in [6.45, 7) is 0.675. The Morgan fingerprint density at radius 1 is 0.971 bits per heavy atom. The van der Waals surface area contributed by atoms with Crippen LogP contribution in [-0.2, 0) is 6.42 Å². The van der Waals surface area contributed by atoms with Gasteiger partial charge in [0.1, 0.15) is 11.4 Å². The lowest BCUT2D eigenvalue weighted by atomic mass is 9.90. The lowest BCUT2D eigenvalue weighted by molar-refractivity contribution is -0.208. The Hall–Kier alpha value is -2.27. The van der Waals surface area contributed by atoms with E-state index in [2.05, 4.69) is 30.5 Å². The van der Waals surface area contributed by atoms with Gasteiger partial charge >= 0.3 is 0 Å². The van der Waals surface area contributed by atoms with Crippen molar-refractivity contribution in [2.24, 2.45) is 11.8 Å². The number of para-hydroxylation sites is 1. The summed E-state index contributed by atoms with van der Waals surface area (Å²) in [5, 5.41) is 28.5. The summed E-state index contributed by atoms with van der Waals surface area (Å²) in [7, 11) is 0. The van der Waals surface area contributed by atoms with E-state index in [-0.39, 0.29) is 12.8 Å². The van der Waals surface area contributed by atoms with Gasteiger partial charge in [-0.25, -0.2) is 0 Å². The van der Waals surface area contributed by atoms with Gasteiger partial charge in [0.05, 0.1) is 6.61 Å². The number of thiol groups is 1. The first-order valence-corrected chi connectivity index (χ1v) is 12.5. The molecule has 0 heterocycles. The van der Waals surface area contributed by atoms with Gasteiger partial charge in [-0.15, -0.1) is 18.4 Å². The van der Waals surface area contributed by atoms with Gasteiger partial charge in [0, 0.05) is 12.8 Å². The fourth-order valence-electron chi connectivity index (χ4n) is 4.44. The van der Waals surface area contributed by atoms with Crippen molar-refractivity contribution in [3.63, 3.8) is 0 Å². The van der Waals surface area contributed by atoms with Crippen molar-refractivity contribution in [1.29, 1.82) is 0 Å². The number of allylic oxidation sites excluding steroid dienone is 1. The summed E-state index contributed by atoms with van der Waals surface area (Å²) < 4.78 is 5.75. The standard InChI is InChI=1S/C29H36O4S/c30-28(29(31,32)34,23-24-13-4-1-5-14-24)21-10-3-6-15-25-17-12-18-26(25)16-9-11-22-33-27-19-7-2-8-20-27/h1-2,4-10,13-14,16,19-20,25-26,30-32,34H,11-12,15,17-18,21-23H2/b16-9+/t3?,25-,26-,28?/m0/s1. The molecule has 0 aliphatic heterocycles. The maximum Gasteiger partial charge on any atom is 0.240 e. The number of rotatable bonds is 12. The topological polar surface area (TPSA) is 69.9 Å². The summed E-state index contributed by atoms with van der Waals surface area (Å²) >= 11 is 3.83. The highest BCUT2D eigenvalue weighted by atomic mass is 32.1. The molecule has 0 spiro atoms. The third-order valence-electron chi connectivity index (χ3n) is 6.46. The second kappa shape index (κ2) is 13.0. The van der Waals surface area contributed by atoms with Crippen LogP contribution in [0.1, 0.15) is 44.1 Å². The molecule has 5 heteroatoms. The molecule has 182 valence electrons. The fourth-order valence-corrected chi connectivity index (χ4v) is 4.61. The number of aliphatic hydroxyl groups is 3. The van der Waals surface area contributed by atoms with E-state index in [9.17, 15) is 15.3 Å². The third-order valence-corrected chi connectivity index (χ3v) is 6.87. The van der Waals surface area contributed by atoms with Crippen LogP contribution in [0.4, 0.5) is 0 Å². The minimum Gasteiger partial charge on any atom is -0.493 e. The van der Waals surface area contributed by atoms with E-state index in [1.54, 1.807) is 6.08 Å². The Morgan fingerprint density at radius 2 is 1.68 bits per heavy atom. The first-order chi connectivity index (χ1) is 16.4. The quantitative estimate of drug-likeness (QED) is 0.107. The molecule has 1 fully saturated rings. The minimum absolute atomic E-state index is 0.0321. The minimum atomic E-state index is -2.52. The molecular formula is C29H36O4S. The van der Waals surface area contributed by atoms with Gasteiger partial charge in [-0.2, -0.15) is 0 Å². The maximum absolute atomic E-state index is 10.9. The zero-order chi connectivity index (χ0) is 24.3. The molecular weight excluding hydrogens is 444 g/mol. The van der Waals surface area contributed by atoms with Crippen LogP contribution in [0.25, 0.3) is 0 Å². The van der Waals surface area contributed by atoms with E-state index >= 15 is 0 Å². The molecule has 2 aromatic rings. The molecule has 1 saturated carbocycles. The fraction of sp³-hybridized carbons (Fsp3) is 0.414. The van der Waals surface area contributed by atoms with E-state index in [1.165, 1.54) is 19.3 Å². The zero-order valence-electron chi connectivity index (χ0n) is 19.6. The summed E-state index contributed by atoms with van der Waals surface area (Å²) in [5.74, 6) is 2.04. The first kappa shape index (κ1) is 26.3. The highest BCUT2D eigenvalue weighted by Gasteiger charge is 2.45. The SMILES string of the molecule is OC(O)(S)C(O)(CC=C=CC[C@H]1CCC[C@@H]1/C=C/CCOc1ccccc1)Cc1ccccc1. The predicted octanol–water partition coefficient (Wildman–Crippen LogP) is 5.46. The second-order valence-electron chi connectivity index (χ2n) is 9.08. The van der Waals surface area contributed by atoms with Crippen molar-refractivity contribution in [2.75, 3.05) is 6.61 Å². The Morgan fingerprint density at radius 3 is 2.38 bits per heavy atom. The average molecular weight is 481 g/mol. The van der Waals surface area contributed by atoms with Gasteiger partial charge in [0.2, 0.25) is 5.12 Å².